The first-order valence-corrected chi connectivity index (χ1v) is 9.74. The van der Waals surface area contributed by atoms with Crippen molar-refractivity contribution in [2.45, 2.75) is 32.7 Å². The van der Waals surface area contributed by atoms with Crippen LogP contribution in [-0.2, 0) is 0 Å². The number of nitrogens with zero attached hydrogens (tertiary/aromatic N) is 5. The molecular weight excluding hydrogens is 370 g/mol. The van der Waals surface area contributed by atoms with Crippen LogP contribution in [0.4, 0.5) is 10.7 Å². The second kappa shape index (κ2) is 7.86. The number of amides is 3. The van der Waals surface area contributed by atoms with E-state index in [4.69, 9.17) is 0 Å². The van der Waals surface area contributed by atoms with Crippen LogP contribution in [0.3, 0.4) is 0 Å². The van der Waals surface area contributed by atoms with E-state index in [1.165, 1.54) is 4.52 Å². The summed E-state index contributed by atoms with van der Waals surface area (Å²) >= 11 is 0. The van der Waals surface area contributed by atoms with Crippen LogP contribution in [0, 0.1) is 0 Å². The molecular formula is C20H23N7O2. The number of fused-ring (bicyclic) bond motifs is 1. The van der Waals surface area contributed by atoms with Crippen molar-refractivity contribution in [2.75, 3.05) is 18.4 Å². The highest BCUT2D eigenvalue weighted by Crippen LogP contribution is 2.25. The molecule has 1 atom stereocenters. The van der Waals surface area contributed by atoms with Crippen LogP contribution in [0.5, 0.6) is 0 Å². The van der Waals surface area contributed by atoms with Crippen molar-refractivity contribution in [1.82, 2.24) is 29.8 Å². The molecule has 3 aromatic heterocycles. The second-order valence-electron chi connectivity index (χ2n) is 7.05. The fourth-order valence-corrected chi connectivity index (χ4v) is 3.58. The first-order chi connectivity index (χ1) is 14.1. The molecule has 1 unspecified atom stereocenters. The van der Waals surface area contributed by atoms with Crippen molar-refractivity contribution in [3.8, 4) is 11.1 Å². The van der Waals surface area contributed by atoms with Gasteiger partial charge in [-0.25, -0.2) is 9.31 Å². The summed E-state index contributed by atoms with van der Waals surface area (Å²) < 4.78 is 1.49. The first-order valence-electron chi connectivity index (χ1n) is 9.74. The Kier molecular flexibility index (Phi) is 5.11. The van der Waals surface area contributed by atoms with E-state index in [1.807, 2.05) is 36.1 Å². The van der Waals surface area contributed by atoms with Gasteiger partial charge in [-0.05, 0) is 50.5 Å². The van der Waals surface area contributed by atoms with E-state index in [0.717, 1.165) is 30.5 Å². The number of hydrogen-bond donors (Lipinski definition) is 2. The maximum atomic E-state index is 13.3. The molecule has 0 aromatic carbocycles. The number of carbonyl (C=O) groups excluding carboxylic acids is 2. The summed E-state index contributed by atoms with van der Waals surface area (Å²) in [6, 6.07) is 7.19. The number of anilines is 1. The summed E-state index contributed by atoms with van der Waals surface area (Å²) in [6.07, 6.45) is 5.41. The quantitative estimate of drug-likeness (QED) is 0.709. The Balaban J connectivity index is 1.80. The van der Waals surface area contributed by atoms with Gasteiger partial charge in [0.25, 0.3) is 11.9 Å². The van der Waals surface area contributed by atoms with Gasteiger partial charge < -0.3 is 10.2 Å². The molecule has 1 saturated heterocycles. The molecule has 4 rings (SSSR count). The molecule has 9 nitrogen and oxygen atoms in total. The molecule has 0 saturated carbocycles. The zero-order valence-electron chi connectivity index (χ0n) is 16.4. The largest absolute Gasteiger partial charge is 0.338 e. The minimum Gasteiger partial charge on any atom is -0.338 e. The zero-order valence-corrected chi connectivity index (χ0v) is 16.4. The minimum atomic E-state index is -0.392. The van der Waals surface area contributed by atoms with E-state index in [0.29, 0.717) is 17.9 Å². The Morgan fingerprint density at radius 1 is 1.28 bits per heavy atom. The number of aromatic nitrogens is 4. The van der Waals surface area contributed by atoms with Crippen LogP contribution in [0.2, 0.25) is 0 Å². The summed E-state index contributed by atoms with van der Waals surface area (Å²) in [5.74, 6) is 0.0445. The third-order valence-electron chi connectivity index (χ3n) is 5.03. The molecule has 3 aromatic rings. The van der Waals surface area contributed by atoms with E-state index in [2.05, 4.69) is 32.6 Å². The van der Waals surface area contributed by atoms with Gasteiger partial charge in [-0.1, -0.05) is 6.07 Å². The lowest BCUT2D eigenvalue weighted by Gasteiger charge is -2.21. The van der Waals surface area contributed by atoms with Crippen LogP contribution >= 0.6 is 0 Å². The monoisotopic (exact) mass is 393 g/mol. The fourth-order valence-electron chi connectivity index (χ4n) is 3.58. The average Bonchev–Trinajstić information content (AvgIpc) is 3.32. The van der Waals surface area contributed by atoms with E-state index in [-0.39, 0.29) is 17.9 Å². The molecule has 1 fully saturated rings. The summed E-state index contributed by atoms with van der Waals surface area (Å²) in [5, 5.41) is 9.60. The molecule has 9 heteroatoms. The molecule has 3 amide bonds. The maximum Gasteiger partial charge on any atom is 0.321 e. The molecule has 1 aliphatic heterocycles. The normalized spacial score (nSPS) is 16.2. The lowest BCUT2D eigenvalue weighted by atomic mass is 10.1. The molecule has 2 N–H and O–H groups in total. The first kappa shape index (κ1) is 18.9. The van der Waals surface area contributed by atoms with Crippen molar-refractivity contribution in [3.05, 3.63) is 42.4 Å². The number of likely N-dealkylation sites (tertiary alicyclic amines) is 1. The van der Waals surface area contributed by atoms with Crippen LogP contribution in [0.15, 0.2) is 36.7 Å². The highest BCUT2D eigenvalue weighted by Gasteiger charge is 2.28. The standard InChI is InChI=1S/C20H23N7O2/c1-3-22-20(29)24-19-23-17-11-15(14-7-4-8-21-12-14)10-16(27(17)25-19)18(28)26-9-5-6-13(26)2/h4,7-8,10-13H,3,5-6,9H2,1-2H3,(H2,22,24,25,29). The van der Waals surface area contributed by atoms with Crippen molar-refractivity contribution in [1.29, 1.82) is 0 Å². The number of hydrogen-bond acceptors (Lipinski definition) is 5. The molecule has 150 valence electrons. The van der Waals surface area contributed by atoms with Gasteiger partial charge in [0.1, 0.15) is 5.69 Å². The topological polar surface area (TPSA) is 105 Å². The molecule has 0 spiro atoms. The molecule has 4 heterocycles. The predicted molar refractivity (Wildman–Crippen MR) is 109 cm³/mol. The van der Waals surface area contributed by atoms with Crippen molar-refractivity contribution < 1.29 is 9.59 Å². The zero-order chi connectivity index (χ0) is 20.4. The maximum absolute atomic E-state index is 13.3. The highest BCUT2D eigenvalue weighted by atomic mass is 16.2. The third-order valence-corrected chi connectivity index (χ3v) is 5.03. The van der Waals surface area contributed by atoms with Gasteiger partial charge >= 0.3 is 6.03 Å². The Labute approximate surface area is 168 Å². The van der Waals surface area contributed by atoms with Crippen molar-refractivity contribution in [2.24, 2.45) is 0 Å². The summed E-state index contributed by atoms with van der Waals surface area (Å²) in [6.45, 7) is 5.08. The SMILES string of the molecule is CCNC(=O)Nc1nc2cc(-c3cccnc3)cc(C(=O)N3CCCC3C)n2n1. The molecule has 0 bridgehead atoms. The second-order valence-corrected chi connectivity index (χ2v) is 7.05. The number of nitrogens with one attached hydrogen (secondary N) is 2. The van der Waals surface area contributed by atoms with Crippen LogP contribution < -0.4 is 10.6 Å². The Bertz CT molecular complexity index is 1050. The van der Waals surface area contributed by atoms with Gasteiger partial charge in [0.2, 0.25) is 0 Å². The van der Waals surface area contributed by atoms with Crippen LogP contribution in [-0.4, -0.2) is 55.6 Å². The Morgan fingerprint density at radius 2 is 2.14 bits per heavy atom. The smallest absolute Gasteiger partial charge is 0.321 e. The van der Waals surface area contributed by atoms with Gasteiger partial charge in [-0.15, -0.1) is 5.10 Å². The number of urea groups is 1. The summed E-state index contributed by atoms with van der Waals surface area (Å²) in [5.41, 5.74) is 2.58. The van der Waals surface area contributed by atoms with Crippen molar-refractivity contribution in [3.63, 3.8) is 0 Å². The van der Waals surface area contributed by atoms with Gasteiger partial charge in [0.15, 0.2) is 5.65 Å². The number of carbonyl (C=O) groups is 2. The van der Waals surface area contributed by atoms with E-state index < -0.39 is 6.03 Å². The van der Waals surface area contributed by atoms with Gasteiger partial charge in [0, 0.05) is 37.1 Å². The predicted octanol–water partition coefficient (Wildman–Crippen LogP) is 2.56. The molecule has 1 aliphatic rings. The highest BCUT2D eigenvalue weighted by molar-refractivity contribution is 5.95. The van der Waals surface area contributed by atoms with Gasteiger partial charge in [0.05, 0.1) is 0 Å². The number of rotatable bonds is 4. The Hall–Kier alpha value is -3.49. The fraction of sp³-hybridized carbons (Fsp3) is 0.350. The van der Waals surface area contributed by atoms with E-state index in [9.17, 15) is 9.59 Å². The summed E-state index contributed by atoms with van der Waals surface area (Å²) in [4.78, 5) is 35.6. The summed E-state index contributed by atoms with van der Waals surface area (Å²) in [7, 11) is 0. The van der Waals surface area contributed by atoms with Crippen LogP contribution in [0.25, 0.3) is 16.8 Å². The average molecular weight is 393 g/mol. The van der Waals surface area contributed by atoms with E-state index in [1.54, 1.807) is 12.4 Å². The van der Waals surface area contributed by atoms with Crippen molar-refractivity contribution >= 4 is 23.5 Å². The van der Waals surface area contributed by atoms with Gasteiger partial charge in [-0.2, -0.15) is 4.98 Å². The molecule has 29 heavy (non-hydrogen) atoms. The molecule has 0 radical (unpaired) electrons. The van der Waals surface area contributed by atoms with Crippen LogP contribution in [0.1, 0.15) is 37.2 Å². The number of pyridine rings is 2. The molecule has 0 aliphatic carbocycles. The lowest BCUT2D eigenvalue weighted by molar-refractivity contribution is 0.0738. The minimum absolute atomic E-state index is 0.0970. The van der Waals surface area contributed by atoms with Gasteiger partial charge in [-0.3, -0.25) is 15.1 Å². The van der Waals surface area contributed by atoms with E-state index >= 15 is 0 Å². The third kappa shape index (κ3) is 3.75. The lowest BCUT2D eigenvalue weighted by Crippen LogP contribution is -2.35. The Morgan fingerprint density at radius 3 is 2.83 bits per heavy atom.